The zero-order valence-corrected chi connectivity index (χ0v) is 10.7. The number of nitrogens with zero attached hydrogens (tertiary/aromatic N) is 1. The lowest BCUT2D eigenvalue weighted by Crippen LogP contribution is -1.90. The molecule has 0 saturated heterocycles. The van der Waals surface area contributed by atoms with Crippen LogP contribution in [0, 0.1) is 13.8 Å². The Hall–Kier alpha value is -1.54. The summed E-state index contributed by atoms with van der Waals surface area (Å²) in [6.45, 7) is 4.09. The Morgan fingerprint density at radius 3 is 2.35 bits per heavy atom. The zero-order valence-electron chi connectivity index (χ0n) is 9.90. The molecule has 1 aromatic heterocycles. The van der Waals surface area contributed by atoms with Crippen LogP contribution in [0.3, 0.4) is 0 Å². The van der Waals surface area contributed by atoms with Crippen LogP contribution >= 0.6 is 11.6 Å². The van der Waals surface area contributed by atoms with Gasteiger partial charge in [0.25, 0.3) is 0 Å². The number of hydrogen-bond donors (Lipinski definition) is 0. The van der Waals surface area contributed by atoms with Gasteiger partial charge in [-0.2, -0.15) is 0 Å². The van der Waals surface area contributed by atoms with Crippen molar-refractivity contribution in [3.05, 3.63) is 53.2 Å². The van der Waals surface area contributed by atoms with Gasteiger partial charge in [0.05, 0.1) is 0 Å². The molecule has 0 spiro atoms. The van der Waals surface area contributed by atoms with Crippen LogP contribution in [-0.4, -0.2) is 4.98 Å². The van der Waals surface area contributed by atoms with E-state index in [1.54, 1.807) is 6.20 Å². The second-order valence-corrected chi connectivity index (χ2v) is 4.33. The molecule has 1 heterocycles. The predicted octanol–water partition coefficient (Wildman–Crippen LogP) is 4.23. The second-order valence-electron chi connectivity index (χ2n) is 4.06. The molecule has 0 atom stereocenters. The molecule has 17 heavy (non-hydrogen) atoms. The van der Waals surface area contributed by atoms with E-state index in [2.05, 4.69) is 11.1 Å². The third-order valence-corrected chi connectivity index (χ3v) is 2.68. The second kappa shape index (κ2) is 5.19. The maximum atomic E-state index is 5.70. The van der Waals surface area contributed by atoms with Crippen LogP contribution in [-0.2, 0) is 5.88 Å². The van der Waals surface area contributed by atoms with Gasteiger partial charge >= 0.3 is 0 Å². The smallest absolute Gasteiger partial charge is 0.219 e. The fourth-order valence-electron chi connectivity index (χ4n) is 1.66. The summed E-state index contributed by atoms with van der Waals surface area (Å²) in [6.07, 6.45) is 1.73. The fraction of sp³-hybridized carbons (Fsp3) is 0.214. The van der Waals surface area contributed by atoms with Crippen LogP contribution in [0.5, 0.6) is 11.6 Å². The van der Waals surface area contributed by atoms with E-state index in [0.717, 1.165) is 11.3 Å². The Morgan fingerprint density at radius 1 is 1.12 bits per heavy atom. The van der Waals surface area contributed by atoms with Crippen LogP contribution in [0.2, 0.25) is 0 Å². The molecule has 0 radical (unpaired) electrons. The van der Waals surface area contributed by atoms with Gasteiger partial charge < -0.3 is 4.74 Å². The topological polar surface area (TPSA) is 22.1 Å². The summed E-state index contributed by atoms with van der Waals surface area (Å²) in [5, 5.41) is 0. The van der Waals surface area contributed by atoms with Crippen molar-refractivity contribution in [1.29, 1.82) is 0 Å². The molecule has 2 nitrogen and oxygen atoms in total. The Balaban J connectivity index is 2.19. The summed E-state index contributed by atoms with van der Waals surface area (Å²) in [7, 11) is 0. The molecule has 0 aliphatic heterocycles. The van der Waals surface area contributed by atoms with E-state index >= 15 is 0 Å². The zero-order chi connectivity index (χ0) is 12.3. The van der Waals surface area contributed by atoms with Gasteiger partial charge in [-0.25, -0.2) is 4.98 Å². The average Bonchev–Trinajstić information content (AvgIpc) is 2.28. The lowest BCUT2D eigenvalue weighted by atomic mass is 10.1. The minimum Gasteiger partial charge on any atom is -0.439 e. The summed E-state index contributed by atoms with van der Waals surface area (Å²) in [4.78, 5) is 4.20. The van der Waals surface area contributed by atoms with Crippen molar-refractivity contribution in [3.8, 4) is 11.6 Å². The van der Waals surface area contributed by atoms with Crippen molar-refractivity contribution in [2.45, 2.75) is 19.7 Å². The lowest BCUT2D eigenvalue weighted by molar-refractivity contribution is 0.462. The Bertz CT molecular complexity index is 488. The van der Waals surface area contributed by atoms with Crippen molar-refractivity contribution in [3.63, 3.8) is 0 Å². The third kappa shape index (κ3) is 3.21. The number of hydrogen-bond acceptors (Lipinski definition) is 2. The molecule has 0 amide bonds. The van der Waals surface area contributed by atoms with E-state index in [-0.39, 0.29) is 0 Å². The number of halogens is 1. The first kappa shape index (κ1) is 11.9. The molecule has 0 bridgehead atoms. The minimum atomic E-state index is 0.469. The minimum absolute atomic E-state index is 0.469. The molecule has 2 rings (SSSR count). The highest BCUT2D eigenvalue weighted by atomic mass is 35.5. The number of alkyl halides is 1. The maximum Gasteiger partial charge on any atom is 0.219 e. The van der Waals surface area contributed by atoms with E-state index in [9.17, 15) is 0 Å². The van der Waals surface area contributed by atoms with Crippen LogP contribution in [0.4, 0.5) is 0 Å². The summed E-state index contributed by atoms with van der Waals surface area (Å²) in [5.41, 5.74) is 3.34. The third-order valence-electron chi connectivity index (χ3n) is 2.37. The molecule has 0 fully saturated rings. The molecule has 88 valence electrons. The molecule has 0 aliphatic carbocycles. The average molecular weight is 248 g/mol. The Morgan fingerprint density at radius 2 is 1.82 bits per heavy atom. The lowest BCUT2D eigenvalue weighted by Gasteiger charge is -2.07. The number of pyridine rings is 1. The molecule has 0 N–H and O–H groups in total. The number of rotatable bonds is 3. The normalized spacial score (nSPS) is 10.3. The van der Waals surface area contributed by atoms with Gasteiger partial charge in [-0.05, 0) is 42.7 Å². The van der Waals surface area contributed by atoms with Crippen molar-refractivity contribution in [1.82, 2.24) is 4.98 Å². The van der Waals surface area contributed by atoms with Crippen molar-refractivity contribution in [2.75, 3.05) is 0 Å². The summed E-state index contributed by atoms with van der Waals surface area (Å²) < 4.78 is 5.69. The quantitative estimate of drug-likeness (QED) is 0.758. The molecule has 0 aliphatic rings. The van der Waals surface area contributed by atoms with Gasteiger partial charge in [-0.1, -0.05) is 12.1 Å². The summed E-state index contributed by atoms with van der Waals surface area (Å²) >= 11 is 5.70. The van der Waals surface area contributed by atoms with Gasteiger partial charge in [0.2, 0.25) is 5.88 Å². The predicted molar refractivity (Wildman–Crippen MR) is 69.8 cm³/mol. The van der Waals surface area contributed by atoms with Gasteiger partial charge in [0.1, 0.15) is 5.75 Å². The molecular weight excluding hydrogens is 234 g/mol. The molecule has 1 aromatic carbocycles. The molecule has 0 saturated carbocycles. The SMILES string of the molecule is Cc1cc(C)cc(Oc2ccc(CCl)cn2)c1. The van der Waals surface area contributed by atoms with Gasteiger partial charge in [0.15, 0.2) is 0 Å². The van der Waals surface area contributed by atoms with Crippen LogP contribution in [0.1, 0.15) is 16.7 Å². The van der Waals surface area contributed by atoms with Crippen molar-refractivity contribution in [2.24, 2.45) is 0 Å². The Labute approximate surface area is 106 Å². The van der Waals surface area contributed by atoms with Gasteiger partial charge in [-0.15, -0.1) is 11.6 Å². The van der Waals surface area contributed by atoms with E-state index < -0.39 is 0 Å². The first-order valence-electron chi connectivity index (χ1n) is 5.44. The summed E-state index contributed by atoms with van der Waals surface area (Å²) in [6, 6.07) is 9.83. The standard InChI is InChI=1S/C14H14ClNO/c1-10-5-11(2)7-13(6-10)17-14-4-3-12(8-15)9-16-14/h3-7,9H,8H2,1-2H3. The maximum absolute atomic E-state index is 5.70. The van der Waals surface area contributed by atoms with Crippen LogP contribution in [0.15, 0.2) is 36.5 Å². The number of benzene rings is 1. The van der Waals surface area contributed by atoms with Crippen molar-refractivity contribution < 1.29 is 4.74 Å². The monoisotopic (exact) mass is 247 g/mol. The largest absolute Gasteiger partial charge is 0.439 e. The molecule has 3 heteroatoms. The van der Waals surface area contributed by atoms with E-state index in [0.29, 0.717) is 11.8 Å². The van der Waals surface area contributed by atoms with Gasteiger partial charge in [0, 0.05) is 18.1 Å². The number of aryl methyl sites for hydroxylation is 2. The van der Waals surface area contributed by atoms with E-state index in [1.165, 1.54) is 11.1 Å². The van der Waals surface area contributed by atoms with E-state index in [1.807, 2.05) is 38.1 Å². The van der Waals surface area contributed by atoms with Gasteiger partial charge in [-0.3, -0.25) is 0 Å². The fourth-order valence-corrected chi connectivity index (χ4v) is 1.82. The number of aromatic nitrogens is 1. The highest BCUT2D eigenvalue weighted by molar-refractivity contribution is 6.17. The van der Waals surface area contributed by atoms with Crippen LogP contribution < -0.4 is 4.74 Å². The van der Waals surface area contributed by atoms with Crippen molar-refractivity contribution >= 4 is 11.6 Å². The van der Waals surface area contributed by atoms with E-state index in [4.69, 9.17) is 16.3 Å². The number of ether oxygens (including phenoxy) is 1. The first-order chi connectivity index (χ1) is 8.17. The Kier molecular flexibility index (Phi) is 3.64. The van der Waals surface area contributed by atoms with Crippen LogP contribution in [0.25, 0.3) is 0 Å². The highest BCUT2D eigenvalue weighted by Gasteiger charge is 2.00. The first-order valence-corrected chi connectivity index (χ1v) is 5.98. The molecular formula is C14H14ClNO. The summed E-state index contributed by atoms with van der Waals surface area (Å²) in [5.74, 6) is 1.87. The highest BCUT2D eigenvalue weighted by Crippen LogP contribution is 2.22. The molecule has 0 unspecified atom stereocenters. The molecule has 2 aromatic rings.